The number of aromatic nitrogens is 1. The van der Waals surface area contributed by atoms with Gasteiger partial charge in [0.2, 0.25) is 0 Å². The van der Waals surface area contributed by atoms with Crippen LogP contribution in [0.5, 0.6) is 0 Å². The molecular weight excluding hydrogens is 260 g/mol. The molecule has 1 aromatic carbocycles. The minimum atomic E-state index is -0.0782. The standard InChI is InChI=1S/C14H12N2O2S/c1-9-15-8-13(19-9)14(18)16-7-6-12(17)10-4-2-3-5-11(10)16/h2-5,8H,6-7H2,1H3. The van der Waals surface area contributed by atoms with Gasteiger partial charge in [-0.05, 0) is 19.1 Å². The highest BCUT2D eigenvalue weighted by Gasteiger charge is 2.28. The van der Waals surface area contributed by atoms with Crippen LogP contribution in [0, 0.1) is 6.92 Å². The van der Waals surface area contributed by atoms with Crippen LogP contribution in [-0.2, 0) is 0 Å². The second-order valence-electron chi connectivity index (χ2n) is 4.39. The van der Waals surface area contributed by atoms with E-state index in [2.05, 4.69) is 4.98 Å². The van der Waals surface area contributed by atoms with E-state index in [-0.39, 0.29) is 11.7 Å². The van der Waals surface area contributed by atoms with Crippen LogP contribution in [0.4, 0.5) is 5.69 Å². The van der Waals surface area contributed by atoms with Crippen molar-refractivity contribution in [1.82, 2.24) is 4.98 Å². The van der Waals surface area contributed by atoms with E-state index in [0.717, 1.165) is 5.01 Å². The third kappa shape index (κ3) is 2.06. The van der Waals surface area contributed by atoms with E-state index in [9.17, 15) is 9.59 Å². The van der Waals surface area contributed by atoms with E-state index >= 15 is 0 Å². The number of para-hydroxylation sites is 1. The number of carbonyl (C=O) groups is 2. The Kier molecular flexibility index (Phi) is 2.91. The molecule has 0 radical (unpaired) electrons. The van der Waals surface area contributed by atoms with Gasteiger partial charge in [0.1, 0.15) is 4.88 Å². The average molecular weight is 272 g/mol. The van der Waals surface area contributed by atoms with Gasteiger partial charge < -0.3 is 4.90 Å². The number of hydrogen-bond donors (Lipinski definition) is 0. The maximum Gasteiger partial charge on any atom is 0.270 e. The first-order valence-corrected chi connectivity index (χ1v) is 6.85. The second kappa shape index (κ2) is 4.59. The van der Waals surface area contributed by atoms with Gasteiger partial charge in [-0.25, -0.2) is 4.98 Å². The van der Waals surface area contributed by atoms with Gasteiger partial charge in [-0.2, -0.15) is 0 Å². The third-order valence-corrected chi connectivity index (χ3v) is 4.04. The SMILES string of the molecule is Cc1ncc(C(=O)N2CCC(=O)c3ccccc32)s1. The number of anilines is 1. The monoisotopic (exact) mass is 272 g/mol. The maximum absolute atomic E-state index is 12.5. The molecule has 5 heteroatoms. The van der Waals surface area contributed by atoms with E-state index in [1.165, 1.54) is 11.3 Å². The smallest absolute Gasteiger partial charge is 0.270 e. The topological polar surface area (TPSA) is 50.3 Å². The lowest BCUT2D eigenvalue weighted by molar-refractivity contribution is 0.0957. The molecule has 0 bridgehead atoms. The molecule has 0 atom stereocenters. The summed E-state index contributed by atoms with van der Waals surface area (Å²) in [6.07, 6.45) is 1.97. The molecule has 0 fully saturated rings. The van der Waals surface area contributed by atoms with Crippen LogP contribution in [0.25, 0.3) is 0 Å². The number of ketones is 1. The summed E-state index contributed by atoms with van der Waals surface area (Å²) in [5.41, 5.74) is 1.33. The maximum atomic E-state index is 12.5. The molecule has 0 saturated heterocycles. The molecule has 0 N–H and O–H groups in total. The molecule has 2 heterocycles. The number of benzene rings is 1. The summed E-state index contributed by atoms with van der Waals surface area (Å²) >= 11 is 1.38. The first-order valence-electron chi connectivity index (χ1n) is 6.03. The Bertz CT molecular complexity index is 663. The quantitative estimate of drug-likeness (QED) is 0.802. The summed E-state index contributed by atoms with van der Waals surface area (Å²) in [6, 6.07) is 7.25. The van der Waals surface area contributed by atoms with Crippen LogP contribution >= 0.6 is 11.3 Å². The van der Waals surface area contributed by atoms with Gasteiger partial charge >= 0.3 is 0 Å². The molecule has 0 unspecified atom stereocenters. The van der Waals surface area contributed by atoms with Crippen molar-refractivity contribution < 1.29 is 9.59 Å². The molecular formula is C14H12N2O2S. The lowest BCUT2D eigenvalue weighted by Gasteiger charge is -2.28. The number of rotatable bonds is 1. The van der Waals surface area contributed by atoms with Gasteiger partial charge in [0, 0.05) is 18.5 Å². The number of amides is 1. The van der Waals surface area contributed by atoms with Crippen molar-refractivity contribution in [3.8, 4) is 0 Å². The van der Waals surface area contributed by atoms with E-state index < -0.39 is 0 Å². The number of fused-ring (bicyclic) bond motifs is 1. The zero-order valence-electron chi connectivity index (χ0n) is 10.4. The van der Waals surface area contributed by atoms with E-state index in [1.54, 1.807) is 17.2 Å². The van der Waals surface area contributed by atoms with Crippen LogP contribution in [0.1, 0.15) is 31.5 Å². The summed E-state index contributed by atoms with van der Waals surface area (Å²) in [7, 11) is 0. The normalized spacial score (nSPS) is 14.4. The third-order valence-electron chi connectivity index (χ3n) is 3.13. The number of nitrogens with zero attached hydrogens (tertiary/aromatic N) is 2. The van der Waals surface area contributed by atoms with Crippen LogP contribution in [-0.4, -0.2) is 23.2 Å². The fraction of sp³-hybridized carbons (Fsp3) is 0.214. The van der Waals surface area contributed by atoms with Crippen molar-refractivity contribution in [3.05, 3.63) is 45.9 Å². The van der Waals surface area contributed by atoms with Gasteiger partial charge in [0.15, 0.2) is 5.78 Å². The fourth-order valence-electron chi connectivity index (χ4n) is 2.22. The molecule has 1 aliphatic rings. The van der Waals surface area contributed by atoms with Crippen molar-refractivity contribution in [2.24, 2.45) is 0 Å². The number of thiazole rings is 1. The molecule has 1 aliphatic heterocycles. The van der Waals surface area contributed by atoms with Gasteiger partial charge in [0.25, 0.3) is 5.91 Å². The van der Waals surface area contributed by atoms with Crippen LogP contribution < -0.4 is 4.90 Å². The zero-order chi connectivity index (χ0) is 13.4. The average Bonchev–Trinajstić information content (AvgIpc) is 2.86. The van der Waals surface area contributed by atoms with E-state index in [4.69, 9.17) is 0 Å². The fourth-order valence-corrected chi connectivity index (χ4v) is 2.94. The van der Waals surface area contributed by atoms with Crippen molar-refractivity contribution in [2.45, 2.75) is 13.3 Å². The Morgan fingerprint density at radius 3 is 2.89 bits per heavy atom. The molecule has 0 spiro atoms. The number of carbonyl (C=O) groups excluding carboxylic acids is 2. The molecule has 1 amide bonds. The van der Waals surface area contributed by atoms with Crippen LogP contribution in [0.3, 0.4) is 0 Å². The number of Topliss-reactive ketones (excluding diaryl/α,β-unsaturated/α-hetero) is 1. The molecule has 1 aromatic heterocycles. The number of aryl methyl sites for hydroxylation is 1. The Labute approximate surface area is 114 Å². The first-order chi connectivity index (χ1) is 9.16. The predicted molar refractivity (Wildman–Crippen MR) is 73.9 cm³/mol. The second-order valence-corrected chi connectivity index (χ2v) is 5.63. The molecule has 4 nitrogen and oxygen atoms in total. The largest absolute Gasteiger partial charge is 0.306 e. The van der Waals surface area contributed by atoms with Gasteiger partial charge in [-0.15, -0.1) is 11.3 Å². The zero-order valence-corrected chi connectivity index (χ0v) is 11.2. The van der Waals surface area contributed by atoms with Crippen LogP contribution in [0.2, 0.25) is 0 Å². The highest BCUT2D eigenvalue weighted by atomic mass is 32.1. The Hall–Kier alpha value is -2.01. The van der Waals surface area contributed by atoms with Gasteiger partial charge in [-0.3, -0.25) is 9.59 Å². The van der Waals surface area contributed by atoms with Crippen molar-refractivity contribution in [2.75, 3.05) is 11.4 Å². The van der Waals surface area contributed by atoms with Crippen molar-refractivity contribution >= 4 is 28.7 Å². The predicted octanol–water partition coefficient (Wildman–Crippen LogP) is 2.68. The Morgan fingerprint density at radius 2 is 2.16 bits per heavy atom. The highest BCUT2D eigenvalue weighted by Crippen LogP contribution is 2.29. The summed E-state index contributed by atoms with van der Waals surface area (Å²) in [6.45, 7) is 2.31. The summed E-state index contributed by atoms with van der Waals surface area (Å²) in [4.78, 5) is 30.7. The minimum Gasteiger partial charge on any atom is -0.306 e. The highest BCUT2D eigenvalue weighted by molar-refractivity contribution is 7.13. The lowest BCUT2D eigenvalue weighted by atomic mass is 10.0. The minimum absolute atomic E-state index is 0.0782. The van der Waals surface area contributed by atoms with Crippen LogP contribution in [0.15, 0.2) is 30.5 Å². The molecule has 96 valence electrons. The Morgan fingerprint density at radius 1 is 1.37 bits per heavy atom. The molecule has 2 aromatic rings. The Balaban J connectivity index is 2.01. The van der Waals surface area contributed by atoms with E-state index in [1.807, 2.05) is 25.1 Å². The van der Waals surface area contributed by atoms with Crippen molar-refractivity contribution in [1.29, 1.82) is 0 Å². The van der Waals surface area contributed by atoms with Crippen molar-refractivity contribution in [3.63, 3.8) is 0 Å². The summed E-state index contributed by atoms with van der Waals surface area (Å²) in [5.74, 6) is 0.0192. The van der Waals surface area contributed by atoms with Gasteiger partial charge in [0.05, 0.1) is 16.9 Å². The molecule has 0 aliphatic carbocycles. The number of hydrogen-bond acceptors (Lipinski definition) is 4. The molecule has 19 heavy (non-hydrogen) atoms. The molecule has 3 rings (SSSR count). The molecule has 0 saturated carbocycles. The summed E-state index contributed by atoms with van der Waals surface area (Å²) < 4.78 is 0. The summed E-state index contributed by atoms with van der Waals surface area (Å²) in [5, 5.41) is 0.865. The van der Waals surface area contributed by atoms with Gasteiger partial charge in [-0.1, -0.05) is 12.1 Å². The first kappa shape index (κ1) is 12.0. The lowest BCUT2D eigenvalue weighted by Crippen LogP contribution is -2.37. The van der Waals surface area contributed by atoms with E-state index in [0.29, 0.717) is 29.1 Å².